The highest BCUT2D eigenvalue weighted by Gasteiger charge is 2.50. The zero-order chi connectivity index (χ0) is 19.6. The fraction of sp³-hybridized carbons (Fsp3) is 0.500. The van der Waals surface area contributed by atoms with E-state index in [2.05, 4.69) is 20.8 Å². The second-order valence-corrected chi connectivity index (χ2v) is 7.17. The number of aromatic nitrogens is 4. The lowest BCUT2D eigenvalue weighted by molar-refractivity contribution is -0.155. The van der Waals surface area contributed by atoms with Crippen molar-refractivity contribution in [3.63, 3.8) is 0 Å². The maximum absolute atomic E-state index is 12.6. The largest absolute Gasteiger partial charge is 0.484 e. The Morgan fingerprint density at radius 2 is 2.18 bits per heavy atom. The number of carbonyl (C=O) groups is 2. The third kappa shape index (κ3) is 3.42. The molecule has 2 atom stereocenters. The van der Waals surface area contributed by atoms with Crippen LogP contribution in [0.4, 0.5) is 0 Å². The minimum absolute atomic E-state index is 0.127. The molecule has 10 nitrogen and oxygen atoms in total. The Balaban J connectivity index is 1.36. The van der Waals surface area contributed by atoms with Crippen molar-refractivity contribution in [1.29, 1.82) is 0 Å². The molecule has 10 heteroatoms. The molecule has 2 aromatic rings. The fourth-order valence-electron chi connectivity index (χ4n) is 3.87. The topological polar surface area (TPSA) is 122 Å². The monoisotopic (exact) mass is 386 g/mol. The van der Waals surface area contributed by atoms with Gasteiger partial charge in [-0.1, -0.05) is 0 Å². The average Bonchev–Trinajstić information content (AvgIpc) is 3.25. The van der Waals surface area contributed by atoms with E-state index in [4.69, 9.17) is 4.74 Å². The van der Waals surface area contributed by atoms with E-state index < -0.39 is 11.5 Å². The van der Waals surface area contributed by atoms with Crippen molar-refractivity contribution in [3.8, 4) is 11.4 Å². The lowest BCUT2D eigenvalue weighted by Crippen LogP contribution is -2.62. The van der Waals surface area contributed by atoms with Gasteiger partial charge in [-0.25, -0.2) is 4.68 Å². The predicted octanol–water partition coefficient (Wildman–Crippen LogP) is -0.469. The maximum atomic E-state index is 12.6. The molecule has 2 N–H and O–H groups in total. The average molecular weight is 386 g/mol. The van der Waals surface area contributed by atoms with Crippen molar-refractivity contribution in [1.82, 2.24) is 30.4 Å². The Morgan fingerprint density at radius 3 is 2.89 bits per heavy atom. The molecule has 0 radical (unpaired) electrons. The number of aliphatic hydroxyl groups excluding tert-OH is 1. The number of ether oxygens (including phenoxy) is 1. The number of tetrazole rings is 1. The number of rotatable bonds is 4. The van der Waals surface area contributed by atoms with Gasteiger partial charge in [-0.2, -0.15) is 0 Å². The molecule has 0 saturated carbocycles. The number of benzene rings is 1. The quantitative estimate of drug-likeness (QED) is 0.728. The lowest BCUT2D eigenvalue weighted by atomic mass is 9.71. The van der Waals surface area contributed by atoms with Crippen molar-refractivity contribution in [2.24, 2.45) is 5.41 Å². The van der Waals surface area contributed by atoms with Gasteiger partial charge in [0.15, 0.2) is 6.61 Å². The summed E-state index contributed by atoms with van der Waals surface area (Å²) in [6.07, 6.45) is 2.54. The highest BCUT2D eigenvalue weighted by atomic mass is 16.5. The number of carbonyl (C=O) groups excluding carboxylic acids is 2. The van der Waals surface area contributed by atoms with Crippen LogP contribution >= 0.6 is 0 Å². The summed E-state index contributed by atoms with van der Waals surface area (Å²) in [6.45, 7) is 1.13. The molecule has 2 saturated heterocycles. The minimum atomic E-state index is -0.903. The van der Waals surface area contributed by atoms with Crippen LogP contribution in [0.2, 0.25) is 0 Å². The number of likely N-dealkylation sites (tertiary alicyclic amines) is 1. The highest BCUT2D eigenvalue weighted by Crippen LogP contribution is 2.37. The summed E-state index contributed by atoms with van der Waals surface area (Å²) in [5.41, 5.74) is -0.126. The lowest BCUT2D eigenvalue weighted by Gasteiger charge is -2.46. The van der Waals surface area contributed by atoms with Crippen LogP contribution in [0.5, 0.6) is 5.75 Å². The standard InChI is InChI=1S/C18H22N6O4/c25-15-6-9-23(11-18(15)7-1-8-19-17(18)27)16(26)10-28-14-4-2-13(3-5-14)24-12-20-21-22-24/h2-5,12,15,25H,1,6-11H2,(H,19,27)/t15-,18-/m1/s1. The van der Waals surface area contributed by atoms with E-state index in [9.17, 15) is 14.7 Å². The minimum Gasteiger partial charge on any atom is -0.484 e. The first-order valence-electron chi connectivity index (χ1n) is 9.29. The van der Waals surface area contributed by atoms with Crippen molar-refractivity contribution in [2.45, 2.75) is 25.4 Å². The van der Waals surface area contributed by atoms with Crippen LogP contribution in [-0.2, 0) is 9.59 Å². The van der Waals surface area contributed by atoms with E-state index in [0.29, 0.717) is 31.7 Å². The summed E-state index contributed by atoms with van der Waals surface area (Å²) in [5, 5.41) is 24.2. The van der Waals surface area contributed by atoms with E-state index >= 15 is 0 Å². The molecule has 2 fully saturated rings. The van der Waals surface area contributed by atoms with Gasteiger partial charge in [-0.3, -0.25) is 9.59 Å². The van der Waals surface area contributed by atoms with Crippen molar-refractivity contribution in [2.75, 3.05) is 26.2 Å². The van der Waals surface area contributed by atoms with Crippen LogP contribution in [-0.4, -0.2) is 74.4 Å². The van der Waals surface area contributed by atoms with Crippen LogP contribution in [0.25, 0.3) is 5.69 Å². The number of nitrogens with zero attached hydrogens (tertiary/aromatic N) is 5. The molecule has 1 aromatic carbocycles. The Labute approximate surface area is 161 Å². The van der Waals surface area contributed by atoms with Gasteiger partial charge in [0.25, 0.3) is 5.91 Å². The maximum Gasteiger partial charge on any atom is 0.260 e. The van der Waals surface area contributed by atoms with Crippen LogP contribution in [0.1, 0.15) is 19.3 Å². The summed E-state index contributed by atoms with van der Waals surface area (Å²) in [6, 6.07) is 7.05. The molecule has 0 unspecified atom stereocenters. The smallest absolute Gasteiger partial charge is 0.260 e. The van der Waals surface area contributed by atoms with Gasteiger partial charge in [0.2, 0.25) is 5.91 Å². The van der Waals surface area contributed by atoms with Crippen LogP contribution in [0.15, 0.2) is 30.6 Å². The molecule has 0 bridgehead atoms. The zero-order valence-electron chi connectivity index (χ0n) is 15.3. The van der Waals surface area contributed by atoms with Gasteiger partial charge in [-0.15, -0.1) is 5.10 Å². The second kappa shape index (κ2) is 7.55. The van der Waals surface area contributed by atoms with E-state index in [0.717, 1.165) is 12.1 Å². The first-order chi connectivity index (χ1) is 13.6. The van der Waals surface area contributed by atoms with Crippen molar-refractivity contribution >= 4 is 11.8 Å². The van der Waals surface area contributed by atoms with E-state index in [-0.39, 0.29) is 25.0 Å². The van der Waals surface area contributed by atoms with Gasteiger partial charge >= 0.3 is 0 Å². The van der Waals surface area contributed by atoms with Gasteiger partial charge < -0.3 is 20.1 Å². The third-order valence-corrected chi connectivity index (χ3v) is 5.49. The number of amides is 2. The first-order valence-corrected chi connectivity index (χ1v) is 9.29. The molecule has 2 aliphatic heterocycles. The van der Waals surface area contributed by atoms with Gasteiger partial charge in [0.05, 0.1) is 17.2 Å². The normalized spacial score (nSPS) is 24.8. The van der Waals surface area contributed by atoms with Crippen molar-refractivity contribution < 1.29 is 19.4 Å². The molecule has 1 aromatic heterocycles. The first kappa shape index (κ1) is 18.4. The molecule has 2 aliphatic rings. The molecular formula is C18H22N6O4. The highest BCUT2D eigenvalue weighted by molar-refractivity contribution is 5.86. The van der Waals surface area contributed by atoms with Crippen LogP contribution in [0.3, 0.4) is 0 Å². The summed E-state index contributed by atoms with van der Waals surface area (Å²) in [5.74, 6) is 0.185. The number of hydrogen-bond donors (Lipinski definition) is 2. The van der Waals surface area contributed by atoms with Gasteiger partial charge in [0, 0.05) is 19.6 Å². The Bertz CT molecular complexity index is 840. The number of hydrogen-bond acceptors (Lipinski definition) is 7. The SMILES string of the molecule is O=C(COc1ccc(-n2cnnn2)cc1)N1CC[C@@H](O)[C@@]2(CCCNC2=O)C1. The van der Waals surface area contributed by atoms with E-state index in [1.165, 1.54) is 11.0 Å². The molecule has 148 valence electrons. The molecule has 0 aliphatic carbocycles. The number of aliphatic hydroxyl groups is 1. The summed E-state index contributed by atoms with van der Waals surface area (Å²) < 4.78 is 7.12. The molecule has 3 heterocycles. The fourth-order valence-corrected chi connectivity index (χ4v) is 3.87. The zero-order valence-corrected chi connectivity index (χ0v) is 15.3. The molecule has 4 rings (SSSR count). The van der Waals surface area contributed by atoms with Gasteiger partial charge in [-0.05, 0) is 54.0 Å². The number of piperidine rings is 2. The molecule has 1 spiro atoms. The van der Waals surface area contributed by atoms with Crippen LogP contribution in [0, 0.1) is 5.41 Å². The Morgan fingerprint density at radius 1 is 1.36 bits per heavy atom. The molecular weight excluding hydrogens is 364 g/mol. The van der Waals surface area contributed by atoms with Crippen molar-refractivity contribution in [3.05, 3.63) is 30.6 Å². The molecule has 28 heavy (non-hydrogen) atoms. The summed E-state index contributed by atoms with van der Waals surface area (Å²) >= 11 is 0. The summed E-state index contributed by atoms with van der Waals surface area (Å²) in [4.78, 5) is 26.6. The second-order valence-electron chi connectivity index (χ2n) is 7.17. The van der Waals surface area contributed by atoms with E-state index in [1.54, 1.807) is 29.2 Å². The van der Waals surface area contributed by atoms with E-state index in [1.807, 2.05) is 0 Å². The van der Waals surface area contributed by atoms with Gasteiger partial charge in [0.1, 0.15) is 12.1 Å². The Kier molecular flexibility index (Phi) is 4.95. The summed E-state index contributed by atoms with van der Waals surface area (Å²) in [7, 11) is 0. The number of nitrogens with one attached hydrogen (secondary N) is 1. The molecule has 2 amide bonds. The predicted molar refractivity (Wildman–Crippen MR) is 96.5 cm³/mol. The Hall–Kier alpha value is -3.01. The third-order valence-electron chi connectivity index (χ3n) is 5.49. The van der Waals surface area contributed by atoms with Crippen LogP contribution < -0.4 is 10.1 Å².